The molecule has 5 rings (SSSR count). The number of hydrogen-bond acceptors (Lipinski definition) is 6. The minimum atomic E-state index is -1.05. The second-order valence-electron chi connectivity index (χ2n) is 10.1. The molecule has 2 aliphatic carbocycles. The molecule has 4 unspecified atom stereocenters. The lowest BCUT2D eigenvalue weighted by Crippen LogP contribution is -2.34. The first-order chi connectivity index (χ1) is 18.8. The van der Waals surface area contributed by atoms with E-state index in [1.807, 2.05) is 19.1 Å². The van der Waals surface area contributed by atoms with Gasteiger partial charge in [0, 0.05) is 21.5 Å². The summed E-state index contributed by atoms with van der Waals surface area (Å²) >= 11 is 0. The number of ether oxygens (including phenoxy) is 2. The SMILES string of the molecule is Cc1ccc2c(OC(=O)C3CC=CCC3C(=O)O)c3ccccc3c(OC(=O)C3CC=CCC3C(=O)O)c2c1. The van der Waals surface area contributed by atoms with E-state index in [4.69, 9.17) is 9.47 Å². The number of carbonyl (C=O) groups is 4. The van der Waals surface area contributed by atoms with Crippen LogP contribution in [0.2, 0.25) is 0 Å². The van der Waals surface area contributed by atoms with Gasteiger partial charge in [-0.2, -0.15) is 0 Å². The number of esters is 2. The first-order valence-corrected chi connectivity index (χ1v) is 12.9. The molecular formula is C31H28O8. The molecule has 2 aliphatic rings. The Hall–Kier alpha value is -4.46. The Bertz CT molecular complexity index is 1550. The number of carbonyl (C=O) groups excluding carboxylic acids is 2. The van der Waals surface area contributed by atoms with E-state index in [-0.39, 0.29) is 37.2 Å². The van der Waals surface area contributed by atoms with E-state index in [2.05, 4.69) is 0 Å². The van der Waals surface area contributed by atoms with Gasteiger partial charge in [-0.25, -0.2) is 0 Å². The largest absolute Gasteiger partial charge is 0.481 e. The Kier molecular flexibility index (Phi) is 7.19. The molecule has 0 fully saturated rings. The highest BCUT2D eigenvalue weighted by Gasteiger charge is 2.37. The Balaban J connectivity index is 1.60. The second-order valence-corrected chi connectivity index (χ2v) is 10.1. The maximum Gasteiger partial charge on any atom is 0.315 e. The summed E-state index contributed by atoms with van der Waals surface area (Å²) in [4.78, 5) is 50.3. The molecule has 39 heavy (non-hydrogen) atoms. The van der Waals surface area contributed by atoms with Gasteiger partial charge in [-0.05, 0) is 38.7 Å². The average Bonchev–Trinajstić information content (AvgIpc) is 2.94. The van der Waals surface area contributed by atoms with Crippen LogP contribution in [0.25, 0.3) is 21.5 Å². The third-order valence-electron chi connectivity index (χ3n) is 7.59. The molecule has 3 aromatic carbocycles. The van der Waals surface area contributed by atoms with Crippen LogP contribution >= 0.6 is 0 Å². The number of fused-ring (bicyclic) bond motifs is 2. The number of allylic oxidation sites excluding steroid dienone is 4. The molecular weight excluding hydrogens is 500 g/mol. The van der Waals surface area contributed by atoms with Crippen molar-refractivity contribution in [3.8, 4) is 11.5 Å². The van der Waals surface area contributed by atoms with Gasteiger partial charge in [-0.3, -0.25) is 19.2 Å². The molecule has 0 bridgehead atoms. The van der Waals surface area contributed by atoms with Gasteiger partial charge in [0.15, 0.2) is 0 Å². The molecule has 0 spiro atoms. The summed E-state index contributed by atoms with van der Waals surface area (Å²) in [6.45, 7) is 1.88. The Labute approximate surface area is 224 Å². The fourth-order valence-electron chi connectivity index (χ4n) is 5.48. The van der Waals surface area contributed by atoms with E-state index in [9.17, 15) is 29.4 Å². The molecule has 3 aromatic rings. The summed E-state index contributed by atoms with van der Waals surface area (Å²) in [7, 11) is 0. The van der Waals surface area contributed by atoms with Crippen molar-refractivity contribution in [3.63, 3.8) is 0 Å². The van der Waals surface area contributed by atoms with Crippen LogP contribution in [0, 0.1) is 30.6 Å². The molecule has 0 radical (unpaired) electrons. The van der Waals surface area contributed by atoms with E-state index in [0.717, 1.165) is 5.56 Å². The van der Waals surface area contributed by atoms with Crippen LogP contribution in [0.15, 0.2) is 66.8 Å². The third-order valence-corrected chi connectivity index (χ3v) is 7.59. The number of aliphatic carboxylic acids is 2. The molecule has 8 heteroatoms. The van der Waals surface area contributed by atoms with Crippen LogP contribution < -0.4 is 9.47 Å². The number of carboxylic acid groups (broad SMARTS) is 2. The first-order valence-electron chi connectivity index (χ1n) is 12.9. The smallest absolute Gasteiger partial charge is 0.315 e. The van der Waals surface area contributed by atoms with Crippen LogP contribution in [-0.2, 0) is 19.2 Å². The molecule has 0 aliphatic heterocycles. The highest BCUT2D eigenvalue weighted by molar-refractivity contribution is 6.13. The fourth-order valence-corrected chi connectivity index (χ4v) is 5.48. The summed E-state index contributed by atoms with van der Waals surface area (Å²) < 4.78 is 11.9. The highest BCUT2D eigenvalue weighted by atomic mass is 16.5. The van der Waals surface area contributed by atoms with Crippen molar-refractivity contribution >= 4 is 45.4 Å². The summed E-state index contributed by atoms with van der Waals surface area (Å²) in [5, 5.41) is 21.4. The normalized spacial score (nSPS) is 22.5. The van der Waals surface area contributed by atoms with Crippen molar-refractivity contribution in [2.75, 3.05) is 0 Å². The van der Waals surface area contributed by atoms with E-state index in [1.54, 1.807) is 54.6 Å². The van der Waals surface area contributed by atoms with E-state index in [1.165, 1.54) is 0 Å². The van der Waals surface area contributed by atoms with Gasteiger partial charge in [0.1, 0.15) is 11.5 Å². The van der Waals surface area contributed by atoms with Gasteiger partial charge in [0.25, 0.3) is 0 Å². The van der Waals surface area contributed by atoms with Crippen LogP contribution in [-0.4, -0.2) is 34.1 Å². The summed E-state index contributed by atoms with van der Waals surface area (Å²) in [6.07, 6.45) is 8.13. The van der Waals surface area contributed by atoms with Crippen LogP contribution in [0.3, 0.4) is 0 Å². The molecule has 0 heterocycles. The van der Waals surface area contributed by atoms with Gasteiger partial charge >= 0.3 is 23.9 Å². The molecule has 0 saturated heterocycles. The lowest BCUT2D eigenvalue weighted by molar-refractivity contribution is -0.152. The van der Waals surface area contributed by atoms with Crippen molar-refractivity contribution in [2.45, 2.75) is 32.6 Å². The van der Waals surface area contributed by atoms with Crippen molar-refractivity contribution in [3.05, 3.63) is 72.3 Å². The number of benzene rings is 3. The molecule has 4 atom stereocenters. The highest BCUT2D eigenvalue weighted by Crippen LogP contribution is 2.44. The van der Waals surface area contributed by atoms with E-state index >= 15 is 0 Å². The molecule has 8 nitrogen and oxygen atoms in total. The van der Waals surface area contributed by atoms with Gasteiger partial charge in [-0.1, -0.05) is 66.3 Å². The lowest BCUT2D eigenvalue weighted by Gasteiger charge is -2.25. The zero-order chi connectivity index (χ0) is 27.7. The molecule has 200 valence electrons. The van der Waals surface area contributed by atoms with Gasteiger partial charge < -0.3 is 19.7 Å². The Morgan fingerprint density at radius 3 is 1.49 bits per heavy atom. The predicted molar refractivity (Wildman–Crippen MR) is 143 cm³/mol. The second kappa shape index (κ2) is 10.7. The van der Waals surface area contributed by atoms with Crippen molar-refractivity contribution < 1.29 is 38.9 Å². The monoisotopic (exact) mass is 528 g/mol. The summed E-state index contributed by atoms with van der Waals surface area (Å²) in [5.41, 5.74) is 0.875. The standard InChI is InChI=1S/C31H28O8/c1-17-14-15-20-25(16-17)27(39-31(37)24-13-7-5-11-22(24)29(34)35)19-9-3-2-8-18(19)26(20)38-30(36)23-12-6-4-10-21(23)28(32)33/h2-9,14-16,21-24H,10-13H2,1H3,(H,32,33)(H,34,35). The van der Waals surface area contributed by atoms with Gasteiger partial charge in [0.05, 0.1) is 23.7 Å². The number of rotatable bonds is 6. The molecule has 0 amide bonds. The van der Waals surface area contributed by atoms with E-state index in [0.29, 0.717) is 21.5 Å². The summed E-state index contributed by atoms with van der Waals surface area (Å²) in [5.74, 6) is -6.29. The number of aryl methyl sites for hydroxylation is 1. The number of carboxylic acids is 2. The molecule has 0 aromatic heterocycles. The Morgan fingerprint density at radius 2 is 1.03 bits per heavy atom. The lowest BCUT2D eigenvalue weighted by atomic mass is 9.83. The Morgan fingerprint density at radius 1 is 0.615 bits per heavy atom. The molecule has 2 N–H and O–H groups in total. The van der Waals surface area contributed by atoms with Crippen LogP contribution in [0.1, 0.15) is 31.2 Å². The van der Waals surface area contributed by atoms with Crippen molar-refractivity contribution in [1.82, 2.24) is 0 Å². The maximum absolute atomic E-state index is 13.4. The van der Waals surface area contributed by atoms with Crippen LogP contribution in [0.4, 0.5) is 0 Å². The average molecular weight is 529 g/mol. The zero-order valence-corrected chi connectivity index (χ0v) is 21.3. The van der Waals surface area contributed by atoms with Gasteiger partial charge in [0.2, 0.25) is 0 Å². The van der Waals surface area contributed by atoms with Crippen molar-refractivity contribution in [2.24, 2.45) is 23.7 Å². The minimum Gasteiger partial charge on any atom is -0.481 e. The zero-order valence-electron chi connectivity index (χ0n) is 21.3. The van der Waals surface area contributed by atoms with Gasteiger partial charge in [-0.15, -0.1) is 0 Å². The van der Waals surface area contributed by atoms with Crippen LogP contribution in [0.5, 0.6) is 11.5 Å². The quantitative estimate of drug-likeness (QED) is 0.187. The minimum absolute atomic E-state index is 0.248. The fraction of sp³-hybridized carbons (Fsp3) is 0.290. The maximum atomic E-state index is 13.4. The molecule has 0 saturated carbocycles. The predicted octanol–water partition coefficient (Wildman–Crippen LogP) is 5.45. The number of hydrogen-bond donors (Lipinski definition) is 2. The van der Waals surface area contributed by atoms with Crippen molar-refractivity contribution in [1.29, 1.82) is 0 Å². The first kappa shape index (κ1) is 26.2. The topological polar surface area (TPSA) is 127 Å². The summed E-state index contributed by atoms with van der Waals surface area (Å²) in [6, 6.07) is 12.5. The van der Waals surface area contributed by atoms with E-state index < -0.39 is 47.5 Å². The third kappa shape index (κ3) is 5.02.